The molecule has 1 aromatic carbocycles. The Labute approximate surface area is 264 Å². The van der Waals surface area contributed by atoms with Gasteiger partial charge in [-0.3, -0.25) is 14.5 Å². The molecule has 0 radical (unpaired) electrons. The third-order valence-electron chi connectivity index (χ3n) is 6.20. The smallest absolute Gasteiger partial charge is 0.352 e. The highest BCUT2D eigenvalue weighted by Gasteiger charge is 2.54. The van der Waals surface area contributed by atoms with Crippen molar-refractivity contribution in [2.45, 2.75) is 35.8 Å². The Morgan fingerprint density at radius 1 is 1.27 bits per heavy atom. The number of hydrogen-bond donors (Lipinski definition) is 7. The van der Waals surface area contributed by atoms with Gasteiger partial charge in [-0.25, -0.2) is 27.7 Å². The fourth-order valence-electron chi connectivity index (χ4n) is 3.81. The van der Waals surface area contributed by atoms with E-state index in [9.17, 15) is 48.0 Å². The summed E-state index contributed by atoms with van der Waals surface area (Å²) < 4.78 is 27.7. The summed E-state index contributed by atoms with van der Waals surface area (Å²) in [5.41, 5.74) is 2.86. The summed E-state index contributed by atoms with van der Waals surface area (Å²) in [6.45, 7) is 1.88. The first-order chi connectivity index (χ1) is 20.4. The van der Waals surface area contributed by atoms with Crippen molar-refractivity contribution in [1.82, 2.24) is 19.9 Å². The van der Waals surface area contributed by atoms with Crippen molar-refractivity contribution in [3.63, 3.8) is 0 Å². The van der Waals surface area contributed by atoms with Crippen LogP contribution in [0.1, 0.15) is 19.5 Å². The highest BCUT2D eigenvalue weighted by molar-refractivity contribution is 9.10. The van der Waals surface area contributed by atoms with Crippen LogP contribution in [0, 0.1) is 0 Å². The number of hydrogen-bond acceptors (Lipinski definition) is 14. The van der Waals surface area contributed by atoms with Gasteiger partial charge in [-0.1, -0.05) is 5.16 Å². The number of carbonyl (C=O) groups excluding carboxylic acids is 2. The molecule has 21 heteroatoms. The number of nitrogens with two attached hydrogens (primary N) is 1. The van der Waals surface area contributed by atoms with Crippen molar-refractivity contribution in [2.75, 3.05) is 18.0 Å². The SMILES string of the molecule is CC(C)(O/N=C(\C(=O)N[C@@H]1C(=O)N2C(C(=O)O)=C(CNS(=O)(=O)c3cc(O)c(O)c(Br)c3)CS[C@H]12)c1csc(N)n1)C(=O)O. The van der Waals surface area contributed by atoms with Crippen LogP contribution in [0.15, 0.2) is 43.3 Å². The zero-order valence-electron chi connectivity index (χ0n) is 22.5. The van der Waals surface area contributed by atoms with E-state index in [0.717, 1.165) is 40.1 Å². The van der Waals surface area contributed by atoms with Crippen LogP contribution in [-0.2, 0) is 34.0 Å². The van der Waals surface area contributed by atoms with Gasteiger partial charge in [0.05, 0.1) is 9.37 Å². The number of thiazole rings is 1. The maximum absolute atomic E-state index is 13.2. The predicted octanol–water partition coefficient (Wildman–Crippen LogP) is 0.200. The number of rotatable bonds is 11. The molecule has 1 fully saturated rings. The molecule has 2 atom stereocenters. The summed E-state index contributed by atoms with van der Waals surface area (Å²) in [6.07, 6.45) is 0. The topological polar surface area (TPSA) is 271 Å². The van der Waals surface area contributed by atoms with Crippen molar-refractivity contribution in [3.8, 4) is 11.5 Å². The summed E-state index contributed by atoms with van der Waals surface area (Å²) in [5, 5.41) is 45.3. The van der Waals surface area contributed by atoms with Crippen LogP contribution in [0.4, 0.5) is 5.13 Å². The summed E-state index contributed by atoms with van der Waals surface area (Å²) >= 11 is 4.95. The Bertz CT molecular complexity index is 1720. The number of carboxylic acids is 2. The van der Waals surface area contributed by atoms with E-state index >= 15 is 0 Å². The number of fused-ring (bicyclic) bond motifs is 1. The number of carbonyl (C=O) groups is 4. The number of phenols is 2. The van der Waals surface area contributed by atoms with Crippen molar-refractivity contribution < 1.29 is 52.9 Å². The van der Waals surface area contributed by atoms with E-state index in [2.05, 4.69) is 36.1 Å². The molecule has 2 aliphatic heterocycles. The Morgan fingerprint density at radius 3 is 2.52 bits per heavy atom. The summed E-state index contributed by atoms with van der Waals surface area (Å²) in [5.74, 6) is -6.00. The molecule has 8 N–H and O–H groups in total. The van der Waals surface area contributed by atoms with Crippen molar-refractivity contribution in [1.29, 1.82) is 0 Å². The first-order valence-electron chi connectivity index (χ1n) is 12.1. The molecule has 2 aromatic rings. The van der Waals surface area contributed by atoms with Crippen LogP contribution in [0.5, 0.6) is 11.5 Å². The second-order valence-corrected chi connectivity index (χ2v) is 14.2. The lowest BCUT2D eigenvalue weighted by Crippen LogP contribution is -2.71. The molecular weight excluding hydrogens is 712 g/mol. The Morgan fingerprint density at radius 2 is 1.95 bits per heavy atom. The van der Waals surface area contributed by atoms with Crippen LogP contribution < -0.4 is 15.8 Å². The molecule has 1 saturated heterocycles. The Kier molecular flexibility index (Phi) is 9.17. The minimum atomic E-state index is -4.30. The van der Waals surface area contributed by atoms with Crippen LogP contribution in [0.2, 0.25) is 0 Å². The zero-order valence-corrected chi connectivity index (χ0v) is 26.5. The molecule has 4 rings (SSSR count). The number of benzene rings is 1. The Balaban J connectivity index is 1.53. The van der Waals surface area contributed by atoms with Crippen molar-refractivity contribution in [3.05, 3.63) is 38.9 Å². The fourth-order valence-corrected chi connectivity index (χ4v) is 7.38. The van der Waals surface area contributed by atoms with E-state index in [1.165, 1.54) is 19.2 Å². The normalized spacial score (nSPS) is 18.8. The molecule has 0 aliphatic carbocycles. The van der Waals surface area contributed by atoms with Gasteiger partial charge < -0.3 is 36.3 Å². The zero-order chi connectivity index (χ0) is 32.7. The fraction of sp³-hybridized carbons (Fsp3) is 0.304. The quantitative estimate of drug-likeness (QED) is 0.0704. The first kappa shape index (κ1) is 33.0. The van der Waals surface area contributed by atoms with E-state index in [1.54, 1.807) is 0 Å². The van der Waals surface area contributed by atoms with Gasteiger partial charge in [-0.05, 0) is 41.4 Å². The van der Waals surface area contributed by atoms with Gasteiger partial charge in [0, 0.05) is 23.7 Å². The van der Waals surface area contributed by atoms with E-state index in [-0.39, 0.29) is 26.6 Å². The average Bonchev–Trinajstić information content (AvgIpc) is 3.37. The number of aromatic hydroxyl groups is 2. The summed E-state index contributed by atoms with van der Waals surface area (Å²) in [6, 6.07) is 0.608. The number of amides is 2. The molecular formula is C23H23BrN6O11S3. The van der Waals surface area contributed by atoms with Crippen LogP contribution in [0.3, 0.4) is 0 Å². The van der Waals surface area contributed by atoms with Gasteiger partial charge in [0.1, 0.15) is 22.8 Å². The lowest BCUT2D eigenvalue weighted by atomic mass is 10.0. The molecule has 0 unspecified atom stereocenters. The third-order valence-corrected chi connectivity index (χ3v) is 10.2. The van der Waals surface area contributed by atoms with Gasteiger partial charge in [-0.2, -0.15) is 0 Å². The van der Waals surface area contributed by atoms with Crippen LogP contribution in [0.25, 0.3) is 0 Å². The molecule has 0 saturated carbocycles. The lowest BCUT2D eigenvalue weighted by molar-refractivity contribution is -0.161. The van der Waals surface area contributed by atoms with Crippen LogP contribution in [-0.4, -0.2) is 97.5 Å². The molecule has 236 valence electrons. The predicted molar refractivity (Wildman–Crippen MR) is 158 cm³/mol. The lowest BCUT2D eigenvalue weighted by Gasteiger charge is -2.49. The first-order valence-corrected chi connectivity index (χ1v) is 16.3. The van der Waals surface area contributed by atoms with Crippen molar-refractivity contribution in [2.24, 2.45) is 5.16 Å². The molecule has 2 aliphatic rings. The number of oxime groups is 1. The van der Waals surface area contributed by atoms with E-state index in [4.69, 9.17) is 10.6 Å². The number of nitrogens with one attached hydrogen (secondary N) is 2. The summed E-state index contributed by atoms with van der Waals surface area (Å²) in [4.78, 5) is 59.4. The highest BCUT2D eigenvalue weighted by Crippen LogP contribution is 2.40. The second-order valence-electron chi connectivity index (χ2n) is 9.63. The Hall–Kier alpha value is -3.92. The molecule has 2 amide bonds. The van der Waals surface area contributed by atoms with Crippen molar-refractivity contribution >= 4 is 83.6 Å². The maximum Gasteiger partial charge on any atom is 0.352 e. The number of aromatic nitrogens is 1. The number of sulfonamides is 1. The maximum atomic E-state index is 13.2. The number of anilines is 1. The molecule has 0 spiro atoms. The molecule has 0 bridgehead atoms. The van der Waals surface area contributed by atoms with E-state index < -0.39 is 85.1 Å². The number of nitrogen functional groups attached to an aromatic ring is 1. The molecule has 44 heavy (non-hydrogen) atoms. The number of phenolic OH excluding ortho intramolecular Hbond substituents is 2. The number of halogens is 1. The minimum Gasteiger partial charge on any atom is -0.504 e. The third kappa shape index (κ3) is 6.45. The van der Waals surface area contributed by atoms with Gasteiger partial charge in [0.25, 0.3) is 11.8 Å². The number of carboxylic acid groups (broad SMARTS) is 2. The molecule has 3 heterocycles. The minimum absolute atomic E-state index is 0.0467. The number of nitrogens with zero attached hydrogens (tertiary/aromatic N) is 3. The van der Waals surface area contributed by atoms with Gasteiger partial charge in [0.2, 0.25) is 15.6 Å². The number of aliphatic carboxylic acids is 2. The molecule has 17 nitrogen and oxygen atoms in total. The highest BCUT2D eigenvalue weighted by atomic mass is 79.9. The second kappa shape index (κ2) is 12.2. The van der Waals surface area contributed by atoms with Gasteiger partial charge >= 0.3 is 11.9 Å². The van der Waals surface area contributed by atoms with Gasteiger partial charge in [-0.15, -0.1) is 23.1 Å². The summed E-state index contributed by atoms with van der Waals surface area (Å²) in [7, 11) is -4.30. The van der Waals surface area contributed by atoms with E-state index in [0.29, 0.717) is 0 Å². The monoisotopic (exact) mass is 734 g/mol. The average molecular weight is 736 g/mol. The number of β-lactam (4-membered cyclic amide) rings is 1. The van der Waals surface area contributed by atoms with E-state index in [1.807, 2.05) is 0 Å². The van der Waals surface area contributed by atoms with Crippen LogP contribution >= 0.6 is 39.0 Å². The van der Waals surface area contributed by atoms with Gasteiger partial charge in [0.15, 0.2) is 22.3 Å². The standard InChI is InChI=1S/C23H23BrN6O11S3/c1-23(2,21(37)38)41-29-13(11-7-43-22(25)27-11)17(33)28-14-18(34)30-15(20(35)36)8(6-42-19(14)30)5-26-44(39,40)9-3-10(24)16(32)12(31)4-9/h3-4,7,14,19,26,31-32H,5-6H2,1-2H3,(H2,25,27)(H,28,33)(H,35,36)(H,37,38)/b29-13-/t14-,19-/m1/s1. The number of thioether (sulfide) groups is 1. The molecule has 1 aromatic heterocycles. The largest absolute Gasteiger partial charge is 0.504 e.